The molecule has 1 N–H and O–H groups in total. The van der Waals surface area contributed by atoms with E-state index in [1.54, 1.807) is 0 Å². The Labute approximate surface area is 132 Å². The number of ether oxygens (including phenoxy) is 3. The zero-order chi connectivity index (χ0) is 16.0. The van der Waals surface area contributed by atoms with Crippen molar-refractivity contribution < 1.29 is 24.1 Å². The van der Waals surface area contributed by atoms with Gasteiger partial charge in [-0.15, -0.1) is 0 Å². The highest BCUT2D eigenvalue weighted by Gasteiger charge is 2.53. The molecule has 4 fully saturated rings. The molecule has 0 spiro atoms. The van der Waals surface area contributed by atoms with E-state index in [-0.39, 0.29) is 35.8 Å². The lowest BCUT2D eigenvalue weighted by Crippen LogP contribution is -2.47. The average Bonchev–Trinajstić information content (AvgIpc) is 2.61. The van der Waals surface area contributed by atoms with Crippen LogP contribution in [0.2, 0.25) is 0 Å². The maximum Gasteiger partial charge on any atom is 0.309 e. The van der Waals surface area contributed by atoms with E-state index in [1.807, 2.05) is 20.8 Å². The second kappa shape index (κ2) is 5.77. The van der Waals surface area contributed by atoms with Crippen molar-refractivity contribution in [1.82, 2.24) is 0 Å². The minimum absolute atomic E-state index is 0.00393. The van der Waals surface area contributed by atoms with E-state index in [2.05, 4.69) is 0 Å². The fourth-order valence-corrected chi connectivity index (χ4v) is 4.17. The van der Waals surface area contributed by atoms with Gasteiger partial charge in [-0.3, -0.25) is 4.79 Å². The zero-order valence-corrected chi connectivity index (χ0v) is 13.8. The van der Waals surface area contributed by atoms with Crippen molar-refractivity contribution >= 4 is 5.97 Å². The van der Waals surface area contributed by atoms with Crippen LogP contribution in [0, 0.1) is 17.3 Å². The number of hydrogen-bond acceptors (Lipinski definition) is 5. The molecule has 4 rings (SSSR count). The standard InChI is InChI=1S/C17H28O5/c1-4-16(2,3)15(19)20-10-21-17-7-11-5-12(8-17)14(18)22-13(6-11)9-17/h11-13,15,19H,4-10H2,1-3H3. The minimum atomic E-state index is -0.841. The molecule has 2 saturated carbocycles. The molecule has 5 atom stereocenters. The van der Waals surface area contributed by atoms with Crippen LogP contribution in [0.4, 0.5) is 0 Å². The number of rotatable bonds is 6. The van der Waals surface area contributed by atoms with Crippen molar-refractivity contribution in [3.05, 3.63) is 0 Å². The van der Waals surface area contributed by atoms with Gasteiger partial charge in [-0.2, -0.15) is 0 Å². The molecule has 4 bridgehead atoms. The number of esters is 1. The van der Waals surface area contributed by atoms with Gasteiger partial charge < -0.3 is 19.3 Å². The summed E-state index contributed by atoms with van der Waals surface area (Å²) in [5.41, 5.74) is -0.598. The molecule has 2 heterocycles. The largest absolute Gasteiger partial charge is 0.462 e. The maximum absolute atomic E-state index is 12.0. The van der Waals surface area contributed by atoms with Crippen LogP contribution in [0.5, 0.6) is 0 Å². The molecule has 0 aromatic heterocycles. The topological polar surface area (TPSA) is 65.0 Å². The first-order valence-electron chi connectivity index (χ1n) is 8.48. The summed E-state index contributed by atoms with van der Waals surface area (Å²) < 4.78 is 17.1. The molecule has 5 nitrogen and oxygen atoms in total. The molecule has 4 aliphatic rings. The Morgan fingerprint density at radius 1 is 1.36 bits per heavy atom. The third-order valence-electron chi connectivity index (χ3n) is 5.88. The van der Waals surface area contributed by atoms with E-state index in [4.69, 9.17) is 14.2 Å². The van der Waals surface area contributed by atoms with Gasteiger partial charge in [0.15, 0.2) is 13.1 Å². The Hall–Kier alpha value is -0.650. The smallest absolute Gasteiger partial charge is 0.309 e. The lowest BCUT2D eigenvalue weighted by molar-refractivity contribution is -0.254. The Balaban J connectivity index is 1.60. The molecule has 2 aliphatic heterocycles. The first-order chi connectivity index (χ1) is 10.3. The van der Waals surface area contributed by atoms with Crippen LogP contribution in [0.25, 0.3) is 0 Å². The summed E-state index contributed by atoms with van der Waals surface area (Å²) in [6.45, 7) is 6.05. The predicted molar refractivity (Wildman–Crippen MR) is 79.8 cm³/mol. The molecule has 0 radical (unpaired) electrons. The van der Waals surface area contributed by atoms with Crippen molar-refractivity contribution in [2.24, 2.45) is 17.3 Å². The van der Waals surface area contributed by atoms with E-state index >= 15 is 0 Å². The number of carbonyl (C=O) groups excluding carboxylic acids is 1. The van der Waals surface area contributed by atoms with E-state index in [1.165, 1.54) is 0 Å². The van der Waals surface area contributed by atoms with Crippen LogP contribution in [0.3, 0.4) is 0 Å². The van der Waals surface area contributed by atoms with Gasteiger partial charge in [-0.05, 0) is 38.0 Å². The van der Waals surface area contributed by atoms with Gasteiger partial charge >= 0.3 is 5.97 Å². The fraction of sp³-hybridized carbons (Fsp3) is 0.941. The predicted octanol–water partition coefficient (Wildman–Crippen LogP) is 2.61. The molecule has 5 heteroatoms. The van der Waals surface area contributed by atoms with Crippen molar-refractivity contribution in [2.45, 2.75) is 77.3 Å². The van der Waals surface area contributed by atoms with Crippen molar-refractivity contribution in [3.8, 4) is 0 Å². The number of fused-ring (bicyclic) bond motifs is 1. The minimum Gasteiger partial charge on any atom is -0.462 e. The first kappa shape index (κ1) is 16.2. The molecule has 2 saturated heterocycles. The lowest BCUT2D eigenvalue weighted by atomic mass is 9.65. The Morgan fingerprint density at radius 2 is 2.14 bits per heavy atom. The van der Waals surface area contributed by atoms with Gasteiger partial charge in [0.1, 0.15) is 6.10 Å². The number of carbonyl (C=O) groups is 1. The molecular formula is C17H28O5. The third-order valence-corrected chi connectivity index (χ3v) is 5.88. The monoisotopic (exact) mass is 312 g/mol. The molecule has 0 aromatic carbocycles. The van der Waals surface area contributed by atoms with Gasteiger partial charge in [0.25, 0.3) is 0 Å². The summed E-state index contributed by atoms with van der Waals surface area (Å²) in [6, 6.07) is 0. The molecule has 0 amide bonds. The summed E-state index contributed by atoms with van der Waals surface area (Å²) in [5, 5.41) is 10.1. The van der Waals surface area contributed by atoms with E-state index < -0.39 is 6.29 Å². The van der Waals surface area contributed by atoms with E-state index in [0.717, 1.165) is 38.5 Å². The SMILES string of the molecule is CCC(C)(C)C(O)OCOC12CC3CC(C1)OC(=O)C(C3)C2. The normalized spacial score (nSPS) is 38.7. The average molecular weight is 312 g/mol. The molecular weight excluding hydrogens is 284 g/mol. The van der Waals surface area contributed by atoms with Crippen LogP contribution in [0.1, 0.15) is 59.3 Å². The number of hydrogen-bond donors (Lipinski definition) is 1. The Kier molecular flexibility index (Phi) is 4.25. The summed E-state index contributed by atoms with van der Waals surface area (Å²) in [5.74, 6) is 0.440. The molecule has 5 unspecified atom stereocenters. The van der Waals surface area contributed by atoms with Gasteiger partial charge in [0.2, 0.25) is 0 Å². The Morgan fingerprint density at radius 3 is 2.86 bits per heavy atom. The van der Waals surface area contributed by atoms with E-state index in [0.29, 0.717) is 5.92 Å². The van der Waals surface area contributed by atoms with Gasteiger partial charge in [-0.25, -0.2) is 0 Å². The maximum atomic E-state index is 12.0. The highest BCUT2D eigenvalue weighted by molar-refractivity contribution is 5.73. The fourth-order valence-electron chi connectivity index (χ4n) is 4.17. The molecule has 0 aromatic rings. The highest BCUT2D eigenvalue weighted by Crippen LogP contribution is 2.51. The third kappa shape index (κ3) is 3.03. The van der Waals surface area contributed by atoms with Crippen LogP contribution in [-0.4, -0.2) is 35.9 Å². The summed E-state index contributed by atoms with van der Waals surface area (Å²) in [7, 11) is 0. The van der Waals surface area contributed by atoms with Gasteiger partial charge in [0.05, 0.1) is 11.5 Å². The van der Waals surface area contributed by atoms with Gasteiger partial charge in [0, 0.05) is 11.8 Å². The van der Waals surface area contributed by atoms with Crippen LogP contribution >= 0.6 is 0 Å². The zero-order valence-electron chi connectivity index (χ0n) is 13.8. The van der Waals surface area contributed by atoms with E-state index in [9.17, 15) is 9.90 Å². The quantitative estimate of drug-likeness (QED) is 0.603. The molecule has 22 heavy (non-hydrogen) atoms. The second-order valence-corrected chi connectivity index (χ2v) is 8.01. The Bertz CT molecular complexity index is 435. The van der Waals surface area contributed by atoms with Gasteiger partial charge in [-0.1, -0.05) is 20.8 Å². The lowest BCUT2D eigenvalue weighted by Gasteiger charge is -2.46. The van der Waals surface area contributed by atoms with Crippen molar-refractivity contribution in [3.63, 3.8) is 0 Å². The summed E-state index contributed by atoms with van der Waals surface area (Å²) in [6.07, 6.45) is 4.37. The summed E-state index contributed by atoms with van der Waals surface area (Å²) in [4.78, 5) is 12.0. The molecule has 126 valence electrons. The second-order valence-electron chi connectivity index (χ2n) is 8.01. The summed E-state index contributed by atoms with van der Waals surface area (Å²) >= 11 is 0. The first-order valence-corrected chi connectivity index (χ1v) is 8.48. The van der Waals surface area contributed by atoms with Crippen molar-refractivity contribution in [2.75, 3.05) is 6.79 Å². The number of aliphatic hydroxyl groups is 1. The van der Waals surface area contributed by atoms with Crippen molar-refractivity contribution in [1.29, 1.82) is 0 Å². The van der Waals surface area contributed by atoms with Crippen LogP contribution in [0.15, 0.2) is 0 Å². The molecule has 2 aliphatic carbocycles. The van der Waals surface area contributed by atoms with Crippen LogP contribution in [-0.2, 0) is 19.0 Å². The highest BCUT2D eigenvalue weighted by atomic mass is 16.7. The number of aliphatic hydroxyl groups excluding tert-OH is 1. The van der Waals surface area contributed by atoms with Crippen LogP contribution < -0.4 is 0 Å².